The predicted octanol–water partition coefficient (Wildman–Crippen LogP) is 6.45. The SMILES string of the molecule is COc1cc(C)cc2c(-c3c(O)cc(O)c4c3C[C@@H](C)N(Cc3ccccc3)[C@@H]4C)ccc(O)c12. The molecular formula is C30H31NO4. The van der Waals surface area contributed by atoms with E-state index in [1.807, 2.05) is 43.3 Å². The van der Waals surface area contributed by atoms with Crippen LogP contribution in [0, 0.1) is 6.92 Å². The molecule has 2 atom stereocenters. The Kier molecular flexibility index (Phi) is 5.81. The normalized spacial score (nSPS) is 17.9. The summed E-state index contributed by atoms with van der Waals surface area (Å²) in [5.41, 5.74) is 5.51. The number of hydrogen-bond acceptors (Lipinski definition) is 5. The summed E-state index contributed by atoms with van der Waals surface area (Å²) in [4.78, 5) is 2.39. The zero-order chi connectivity index (χ0) is 24.9. The molecule has 5 nitrogen and oxygen atoms in total. The first-order valence-electron chi connectivity index (χ1n) is 12.0. The average Bonchev–Trinajstić information content (AvgIpc) is 2.82. The molecule has 0 bridgehead atoms. The van der Waals surface area contributed by atoms with E-state index in [0.29, 0.717) is 23.1 Å². The van der Waals surface area contributed by atoms with E-state index in [9.17, 15) is 15.3 Å². The van der Waals surface area contributed by atoms with Crippen molar-refractivity contribution in [1.29, 1.82) is 0 Å². The van der Waals surface area contributed by atoms with Gasteiger partial charge in [-0.2, -0.15) is 0 Å². The van der Waals surface area contributed by atoms with Crippen molar-refractivity contribution in [3.8, 4) is 34.1 Å². The number of aromatic hydroxyl groups is 3. The van der Waals surface area contributed by atoms with Gasteiger partial charge in [-0.25, -0.2) is 0 Å². The maximum absolute atomic E-state index is 11.1. The van der Waals surface area contributed by atoms with E-state index in [1.54, 1.807) is 13.2 Å². The van der Waals surface area contributed by atoms with Crippen molar-refractivity contribution in [2.45, 2.75) is 45.8 Å². The number of phenolic OH excluding ortho intramolecular Hbond substituents is 3. The summed E-state index contributed by atoms with van der Waals surface area (Å²) >= 11 is 0. The van der Waals surface area contributed by atoms with Gasteiger partial charge in [0.25, 0.3) is 0 Å². The lowest BCUT2D eigenvalue weighted by atomic mass is 9.81. The summed E-state index contributed by atoms with van der Waals surface area (Å²) in [6.07, 6.45) is 0.676. The third-order valence-electron chi connectivity index (χ3n) is 7.31. The minimum absolute atomic E-state index is 0.0321. The second kappa shape index (κ2) is 8.82. The number of phenols is 3. The average molecular weight is 470 g/mol. The van der Waals surface area contributed by atoms with Gasteiger partial charge in [0.05, 0.1) is 12.5 Å². The van der Waals surface area contributed by atoms with Crippen LogP contribution in [-0.4, -0.2) is 33.4 Å². The summed E-state index contributed by atoms with van der Waals surface area (Å²) < 4.78 is 5.58. The Bertz CT molecular complexity index is 1410. The highest BCUT2D eigenvalue weighted by Gasteiger charge is 2.35. The molecule has 0 aromatic heterocycles. The molecule has 0 unspecified atom stereocenters. The van der Waals surface area contributed by atoms with E-state index < -0.39 is 0 Å². The molecule has 0 fully saturated rings. The summed E-state index contributed by atoms with van der Waals surface area (Å²) in [5, 5.41) is 34.2. The van der Waals surface area contributed by atoms with Gasteiger partial charge in [0.2, 0.25) is 0 Å². The Balaban J connectivity index is 1.71. The van der Waals surface area contributed by atoms with E-state index in [-0.39, 0.29) is 29.3 Å². The Morgan fingerprint density at radius 2 is 1.66 bits per heavy atom. The molecule has 4 aromatic rings. The van der Waals surface area contributed by atoms with Gasteiger partial charge in [-0.15, -0.1) is 0 Å². The minimum atomic E-state index is -0.0482. The number of ether oxygens (including phenoxy) is 1. The van der Waals surface area contributed by atoms with Crippen LogP contribution in [0.15, 0.2) is 60.7 Å². The Morgan fingerprint density at radius 3 is 2.37 bits per heavy atom. The molecule has 1 aliphatic rings. The highest BCUT2D eigenvalue weighted by molar-refractivity contribution is 6.05. The molecule has 0 radical (unpaired) electrons. The predicted molar refractivity (Wildman–Crippen MR) is 139 cm³/mol. The lowest BCUT2D eigenvalue weighted by molar-refractivity contribution is 0.127. The van der Waals surface area contributed by atoms with E-state index in [2.05, 4.69) is 30.9 Å². The summed E-state index contributed by atoms with van der Waals surface area (Å²) in [6.45, 7) is 7.06. The van der Waals surface area contributed by atoms with Crippen LogP contribution in [-0.2, 0) is 13.0 Å². The molecule has 1 aliphatic heterocycles. The molecule has 180 valence electrons. The number of benzene rings is 4. The molecule has 1 heterocycles. The second-order valence-electron chi connectivity index (χ2n) is 9.59. The number of nitrogens with zero attached hydrogens (tertiary/aromatic N) is 1. The van der Waals surface area contributed by atoms with Gasteiger partial charge in [0.15, 0.2) is 0 Å². The quantitative estimate of drug-likeness (QED) is 0.320. The maximum atomic E-state index is 11.1. The van der Waals surface area contributed by atoms with Gasteiger partial charge in [0, 0.05) is 35.8 Å². The van der Waals surface area contributed by atoms with Crippen LogP contribution in [0.25, 0.3) is 21.9 Å². The van der Waals surface area contributed by atoms with Gasteiger partial charge in [0.1, 0.15) is 23.0 Å². The molecule has 0 spiro atoms. The summed E-state index contributed by atoms with van der Waals surface area (Å²) in [5.74, 6) is 0.853. The monoisotopic (exact) mass is 469 g/mol. The van der Waals surface area contributed by atoms with Crippen molar-refractivity contribution in [3.63, 3.8) is 0 Å². The molecule has 0 amide bonds. The molecule has 4 aromatic carbocycles. The van der Waals surface area contributed by atoms with Crippen LogP contribution in [0.2, 0.25) is 0 Å². The number of methoxy groups -OCH3 is 1. The molecule has 0 saturated carbocycles. The minimum Gasteiger partial charge on any atom is -0.507 e. The lowest BCUT2D eigenvalue weighted by Crippen LogP contribution is -2.40. The van der Waals surface area contributed by atoms with Gasteiger partial charge >= 0.3 is 0 Å². The van der Waals surface area contributed by atoms with E-state index >= 15 is 0 Å². The highest BCUT2D eigenvalue weighted by atomic mass is 16.5. The topological polar surface area (TPSA) is 73.2 Å². The molecule has 5 heteroatoms. The van der Waals surface area contributed by atoms with E-state index in [1.165, 1.54) is 11.6 Å². The van der Waals surface area contributed by atoms with Gasteiger partial charge < -0.3 is 20.1 Å². The zero-order valence-electron chi connectivity index (χ0n) is 20.5. The number of aryl methyl sites for hydroxylation is 1. The lowest BCUT2D eigenvalue weighted by Gasteiger charge is -2.41. The van der Waals surface area contributed by atoms with Crippen LogP contribution in [0.1, 0.15) is 42.1 Å². The van der Waals surface area contributed by atoms with Gasteiger partial charge in [-0.3, -0.25) is 4.90 Å². The molecular weight excluding hydrogens is 438 g/mol. The molecule has 0 aliphatic carbocycles. The highest BCUT2D eigenvalue weighted by Crippen LogP contribution is 2.50. The summed E-state index contributed by atoms with van der Waals surface area (Å²) in [7, 11) is 1.59. The van der Waals surface area contributed by atoms with Gasteiger partial charge in [-0.1, -0.05) is 36.4 Å². The van der Waals surface area contributed by atoms with Crippen LogP contribution in [0.4, 0.5) is 0 Å². The number of hydrogen-bond donors (Lipinski definition) is 3. The Morgan fingerprint density at radius 1 is 0.914 bits per heavy atom. The fourth-order valence-corrected chi connectivity index (χ4v) is 5.69. The molecule has 0 saturated heterocycles. The molecule has 3 N–H and O–H groups in total. The van der Waals surface area contributed by atoms with Crippen LogP contribution in [0.3, 0.4) is 0 Å². The molecule has 5 rings (SSSR count). The number of rotatable bonds is 4. The fraction of sp³-hybridized carbons (Fsp3) is 0.267. The van der Waals surface area contributed by atoms with Crippen molar-refractivity contribution >= 4 is 10.8 Å². The maximum Gasteiger partial charge on any atom is 0.130 e. The van der Waals surface area contributed by atoms with Crippen molar-refractivity contribution < 1.29 is 20.1 Å². The smallest absolute Gasteiger partial charge is 0.130 e. The van der Waals surface area contributed by atoms with E-state index in [4.69, 9.17) is 4.74 Å². The molecule has 35 heavy (non-hydrogen) atoms. The largest absolute Gasteiger partial charge is 0.507 e. The Hall–Kier alpha value is -3.70. The Labute approximate surface area is 205 Å². The zero-order valence-corrected chi connectivity index (χ0v) is 20.5. The third kappa shape index (κ3) is 3.86. The van der Waals surface area contributed by atoms with Crippen molar-refractivity contribution in [1.82, 2.24) is 4.90 Å². The first-order chi connectivity index (χ1) is 16.8. The van der Waals surface area contributed by atoms with E-state index in [0.717, 1.165) is 34.2 Å². The second-order valence-corrected chi connectivity index (χ2v) is 9.59. The third-order valence-corrected chi connectivity index (χ3v) is 7.31. The summed E-state index contributed by atoms with van der Waals surface area (Å²) in [6, 6.07) is 19.3. The fourth-order valence-electron chi connectivity index (χ4n) is 5.69. The van der Waals surface area contributed by atoms with Crippen LogP contribution < -0.4 is 4.74 Å². The standard InChI is InChI=1S/C30H31NO4/c1-17-12-22-21(10-11-24(32)30(22)27(13-17)35-4)29-23-14-18(2)31(16-20-8-6-5-7-9-20)19(3)28(23)25(33)15-26(29)34/h5-13,15,18-19,32-34H,14,16H2,1-4H3/t18-,19-/m1/s1. The van der Waals surface area contributed by atoms with Crippen LogP contribution >= 0.6 is 0 Å². The van der Waals surface area contributed by atoms with Crippen LogP contribution in [0.5, 0.6) is 23.0 Å². The first-order valence-corrected chi connectivity index (χ1v) is 12.0. The van der Waals surface area contributed by atoms with Crippen molar-refractivity contribution in [3.05, 3.63) is 82.9 Å². The van der Waals surface area contributed by atoms with Gasteiger partial charge in [-0.05, 0) is 73.0 Å². The number of fused-ring (bicyclic) bond motifs is 2. The van der Waals surface area contributed by atoms with Crippen molar-refractivity contribution in [2.75, 3.05) is 7.11 Å². The van der Waals surface area contributed by atoms with Crippen molar-refractivity contribution in [2.24, 2.45) is 0 Å². The first kappa shape index (κ1) is 23.1.